The lowest BCUT2D eigenvalue weighted by Gasteiger charge is -2.27. The molecule has 5 aromatic rings. The van der Waals surface area contributed by atoms with Crippen LogP contribution in [0.5, 0.6) is 17.5 Å². The lowest BCUT2D eigenvalue weighted by atomic mass is 9.84. The minimum atomic E-state index is -4.65. The number of nitrogens with one attached hydrogen (secondary N) is 2. The second kappa shape index (κ2) is 44.9. The molecular formula is C71H109ClF5N15O21P2. The number of aliphatic hydroxyl groups excluding tert-OH is 3. The van der Waals surface area contributed by atoms with Crippen LogP contribution in [0.25, 0.3) is 22.3 Å². The van der Waals surface area contributed by atoms with Crippen molar-refractivity contribution in [2.75, 3.05) is 83.3 Å². The van der Waals surface area contributed by atoms with Gasteiger partial charge in [0, 0.05) is 0 Å². The highest BCUT2D eigenvalue weighted by molar-refractivity contribution is 7.57. The lowest BCUT2D eigenvalue weighted by Crippen LogP contribution is -2.39. The van der Waals surface area contributed by atoms with Gasteiger partial charge < -0.3 is 84.2 Å². The molecule has 2 unspecified atom stereocenters. The quantitative estimate of drug-likeness (QED) is 0.00471. The van der Waals surface area contributed by atoms with E-state index in [1.165, 1.54) is 49.5 Å². The minimum absolute atomic E-state index is 0. The number of esters is 5. The predicted molar refractivity (Wildman–Crippen MR) is 407 cm³/mol. The number of hydrogen-bond acceptors (Lipinski definition) is 32. The summed E-state index contributed by atoms with van der Waals surface area (Å²) in [5.41, 5.74) is 15.2. The third-order valence-corrected chi connectivity index (χ3v) is 21.1. The molecule has 6 heterocycles. The van der Waals surface area contributed by atoms with Gasteiger partial charge in [-0.25, -0.2) is 33.3 Å². The Kier molecular flexibility index (Phi) is 39.4. The standard InChI is InChI=1S/C29H46N7O9P.C21H29F5NO6P.C14H18N6O4.C7H15NO2.ClH/c1-9-41-24-21-23(33-28(31)34-24)36(15-32-21)27-29(8,14-30)22(37)20(45-27)12-44-46(40,13-18(6)25(38)42-10-16(2)3)35-19(7)26(39)43-11-17(4)5;1-10(2)7-31-20(28)12(5)9-34(30,27-13(6)21(29)32-8-11(3)4)33-19-17(25)15(23)14(22)16(24)18(19)26;1-3-23-11-8-10(18-13(16)19-11)20(6-17-8)12-14(2,5-15)9(22)7(4-21)24-12;1-5(2)4-10-7(9)6(3)8;/h15-20,22,27,37H,9-13H2,1-8H3,(H,35,40)(H2,31,33,34);10-13H,7-9H2,1-6H3,(H,27,30);6-7,9,12,21-22H,3-4H2,1-2H3,(H2,16,18,19);5-6H,4,8H2,1-3H3;1H/t18-,19-,20+,22+,27+,29+,46?;12-,13-,34?;7-,9-,12-,14-;6-;/m0011./s1. The van der Waals surface area contributed by atoms with E-state index in [4.69, 9.17) is 68.9 Å². The third kappa shape index (κ3) is 27.4. The van der Waals surface area contributed by atoms with E-state index in [2.05, 4.69) is 52.2 Å². The molecule has 646 valence electrons. The van der Waals surface area contributed by atoms with Crippen LogP contribution in [0.2, 0.25) is 0 Å². The largest absolute Gasteiger partial charge is 0.476 e. The van der Waals surface area contributed by atoms with Crippen molar-refractivity contribution >= 4 is 91.5 Å². The van der Waals surface area contributed by atoms with E-state index in [1.807, 2.05) is 41.5 Å². The topological polar surface area (TPSA) is 519 Å². The van der Waals surface area contributed by atoms with Crippen molar-refractivity contribution in [1.29, 1.82) is 10.5 Å². The summed E-state index contributed by atoms with van der Waals surface area (Å²) >= 11 is 0. The first-order chi connectivity index (χ1) is 53.1. The van der Waals surface area contributed by atoms with E-state index in [0.717, 1.165) is 0 Å². The predicted octanol–water partition coefficient (Wildman–Crippen LogP) is 8.33. The summed E-state index contributed by atoms with van der Waals surface area (Å²) in [6.07, 6.45) is -4.99. The van der Waals surface area contributed by atoms with Gasteiger partial charge in [-0.1, -0.05) is 83.1 Å². The number of nitriles is 2. The number of hydrogen-bond donors (Lipinski definition) is 8. The number of carbonyl (C=O) groups is 5. The molecule has 0 amide bonds. The van der Waals surface area contributed by atoms with Gasteiger partial charge in [-0.3, -0.25) is 42.2 Å². The Bertz CT molecular complexity index is 4170. The molecule has 0 bridgehead atoms. The second-order valence-electron chi connectivity index (χ2n) is 29.6. The lowest BCUT2D eigenvalue weighted by molar-refractivity contribution is -0.149. The number of anilines is 2. The normalized spacial score (nSPS) is 21.4. The van der Waals surface area contributed by atoms with E-state index in [-0.39, 0.29) is 109 Å². The van der Waals surface area contributed by atoms with Gasteiger partial charge in [0.05, 0.1) is 108 Å². The van der Waals surface area contributed by atoms with Crippen LogP contribution < -0.4 is 41.4 Å². The minimum Gasteiger partial charge on any atom is -0.476 e. The van der Waals surface area contributed by atoms with Crippen molar-refractivity contribution in [3.05, 3.63) is 41.7 Å². The summed E-state index contributed by atoms with van der Waals surface area (Å²) in [4.78, 5) is 85.5. The van der Waals surface area contributed by atoms with Crippen molar-refractivity contribution in [2.24, 2.45) is 58.0 Å². The zero-order valence-electron chi connectivity index (χ0n) is 67.8. The zero-order chi connectivity index (χ0) is 86.4. The average molecular weight is 1700 g/mol. The fraction of sp³-hybridized carbons (Fsp3) is 0.676. The summed E-state index contributed by atoms with van der Waals surface area (Å²) in [5.74, 6) is -18.2. The smallest absolute Gasteiger partial charge is 0.323 e. The van der Waals surface area contributed by atoms with Crippen LogP contribution in [0.3, 0.4) is 0 Å². The second-order valence-corrected chi connectivity index (χ2v) is 34.0. The van der Waals surface area contributed by atoms with Gasteiger partial charge >= 0.3 is 37.4 Å². The first kappa shape index (κ1) is 101. The number of ether oxygens (including phenoxy) is 9. The molecule has 0 aliphatic carbocycles. The summed E-state index contributed by atoms with van der Waals surface area (Å²) in [6.45, 7) is 32.9. The van der Waals surface area contributed by atoms with Gasteiger partial charge in [0.2, 0.25) is 58.5 Å². The van der Waals surface area contributed by atoms with E-state index >= 15 is 0 Å². The van der Waals surface area contributed by atoms with Crippen LogP contribution in [-0.4, -0.2) is 199 Å². The molecule has 115 heavy (non-hydrogen) atoms. The number of aromatic nitrogens is 8. The highest BCUT2D eigenvalue weighted by Gasteiger charge is 2.57. The van der Waals surface area contributed by atoms with Crippen LogP contribution >= 0.6 is 27.4 Å². The summed E-state index contributed by atoms with van der Waals surface area (Å²) in [7, 11) is -8.65. The fourth-order valence-corrected chi connectivity index (χ4v) is 14.9. The van der Waals surface area contributed by atoms with E-state index in [9.17, 15) is 80.9 Å². The van der Waals surface area contributed by atoms with Gasteiger partial charge in [0.25, 0.3) is 7.52 Å². The van der Waals surface area contributed by atoms with Gasteiger partial charge in [-0.15, -0.1) is 12.4 Å². The Morgan fingerprint density at radius 3 is 1.23 bits per heavy atom. The van der Waals surface area contributed by atoms with E-state index in [0.29, 0.717) is 36.9 Å². The zero-order valence-corrected chi connectivity index (χ0v) is 70.4. The van der Waals surface area contributed by atoms with Gasteiger partial charge in [-0.05, 0) is 78.1 Å². The molecule has 2 aliphatic heterocycles. The maximum absolute atomic E-state index is 14.2. The van der Waals surface area contributed by atoms with Crippen LogP contribution in [0, 0.1) is 104 Å². The first-order valence-corrected chi connectivity index (χ1v) is 40.3. The summed E-state index contributed by atoms with van der Waals surface area (Å²) < 4.78 is 158. The Hall–Kier alpha value is -8.31. The molecule has 1 aromatic carbocycles. The number of carbonyl (C=O) groups excluding carboxylic acids is 5. The molecule has 0 radical (unpaired) electrons. The molecular weight excluding hydrogens is 1590 g/mol. The molecule has 44 heteroatoms. The fourth-order valence-electron chi connectivity index (χ4n) is 10.4. The van der Waals surface area contributed by atoms with Crippen molar-refractivity contribution in [2.45, 2.75) is 187 Å². The molecule has 0 saturated carbocycles. The Morgan fingerprint density at radius 2 is 0.887 bits per heavy atom. The summed E-state index contributed by atoms with van der Waals surface area (Å²) in [5, 5.41) is 55.7. The molecule has 2 aliphatic rings. The Labute approximate surface area is 669 Å². The van der Waals surface area contributed by atoms with E-state index in [1.54, 1.807) is 62.3 Å². The number of nitrogens with two attached hydrogens (primary N) is 3. The number of imidazole rings is 2. The number of halogens is 6. The Morgan fingerprint density at radius 1 is 0.557 bits per heavy atom. The van der Waals surface area contributed by atoms with Crippen molar-refractivity contribution in [3.63, 3.8) is 0 Å². The molecule has 15 atom stereocenters. The first-order valence-electron chi connectivity index (χ1n) is 36.7. The number of benzene rings is 1. The number of rotatable bonds is 35. The third-order valence-electron chi connectivity index (χ3n) is 16.5. The van der Waals surface area contributed by atoms with Crippen molar-refractivity contribution in [3.8, 4) is 29.6 Å². The van der Waals surface area contributed by atoms with Crippen LogP contribution in [-0.2, 0) is 70.8 Å². The van der Waals surface area contributed by atoms with Gasteiger partial charge in [0.1, 0.15) is 53.4 Å². The van der Waals surface area contributed by atoms with Crippen molar-refractivity contribution < 1.29 is 122 Å². The van der Waals surface area contributed by atoms with Crippen LogP contribution in [0.4, 0.5) is 33.8 Å². The molecule has 2 fully saturated rings. The maximum Gasteiger partial charge on any atom is 0.323 e. The number of fused-ring (bicyclic) bond motifs is 2. The van der Waals surface area contributed by atoms with E-state index < -0.39 is 171 Å². The number of nitrogen functional groups attached to an aromatic ring is 2. The van der Waals surface area contributed by atoms with Crippen molar-refractivity contribution in [1.82, 2.24) is 49.2 Å². The summed E-state index contributed by atoms with van der Waals surface area (Å²) in [6, 6.07) is 1.25. The molecule has 11 N–H and O–H groups in total. The van der Waals surface area contributed by atoms with Gasteiger partial charge in [0.15, 0.2) is 34.8 Å². The molecule has 7 rings (SSSR count). The monoisotopic (exact) mass is 1700 g/mol. The number of aliphatic hydroxyl groups is 3. The molecule has 36 nitrogen and oxygen atoms in total. The highest BCUT2D eigenvalue weighted by atomic mass is 35.5. The molecule has 0 spiro atoms. The average Bonchev–Trinajstić information content (AvgIpc) is 1.68. The van der Waals surface area contributed by atoms with Gasteiger partial charge in [-0.2, -0.15) is 39.2 Å². The number of nitrogens with zero attached hydrogens (tertiary/aromatic N) is 10. The molecule has 2 saturated heterocycles. The highest BCUT2D eigenvalue weighted by Crippen LogP contribution is 2.52. The molecule has 4 aromatic heterocycles. The maximum atomic E-state index is 14.2. The SMILES string of the molecule is CC(C)COC(=O)[C@@H](C)N.CC(C)COC(=O)[C@H](C)NP(=O)(C[C@H](C)C(=O)OCC(C)C)Oc1c(F)c(F)c(F)c(F)c1F.CCOc1nc(N)nc2c1ncn2[C@@H]1O[C@H](CO)[C@@H](O)[C@@]1(C)C#N.CCOc1nc(N)nc2c1ncn2[C@@H]1O[C@H](COP(=O)(C[C@H](C)C(=O)OCC(C)C)N[C@@H](C)C(=O)OCC(C)C)[C@@H](O)[C@@]1(C)C#N.Cl. The van der Waals surface area contributed by atoms with Crippen LogP contribution in [0.15, 0.2) is 12.7 Å². The van der Waals surface area contributed by atoms with Crippen LogP contribution in [0.1, 0.15) is 144 Å². The Balaban J connectivity index is 0.000000435.